The molecule has 2 aromatic heterocycles. The first kappa shape index (κ1) is 23.2. The number of aromatic nitrogens is 2. The topological polar surface area (TPSA) is 131 Å². The zero-order valence-corrected chi connectivity index (χ0v) is 19.4. The molecule has 3 heterocycles. The Labute approximate surface area is 196 Å². The molecule has 1 aliphatic heterocycles. The predicted molar refractivity (Wildman–Crippen MR) is 126 cm³/mol. The lowest BCUT2D eigenvalue weighted by molar-refractivity contribution is -0.117. The molecule has 3 aromatic rings. The molecule has 4 rings (SSSR count). The van der Waals surface area contributed by atoms with Crippen LogP contribution in [0.3, 0.4) is 0 Å². The van der Waals surface area contributed by atoms with Gasteiger partial charge in [0.15, 0.2) is 9.84 Å². The number of aryl methyl sites for hydroxylation is 2. The van der Waals surface area contributed by atoms with Crippen molar-refractivity contribution in [2.24, 2.45) is 0 Å². The van der Waals surface area contributed by atoms with Crippen LogP contribution in [-0.2, 0) is 14.6 Å². The number of benzene rings is 1. The van der Waals surface area contributed by atoms with Crippen molar-refractivity contribution in [1.82, 2.24) is 14.7 Å². The van der Waals surface area contributed by atoms with Crippen molar-refractivity contribution in [3.63, 3.8) is 0 Å². The fraction of sp³-hybridized carbons (Fsp3) is 0.250. The summed E-state index contributed by atoms with van der Waals surface area (Å²) in [5.74, 6) is -0.537. The first-order chi connectivity index (χ1) is 16.2. The number of hydrogen-bond donors (Lipinski definition) is 1. The maximum Gasteiger partial charge on any atom is 0.269 e. The van der Waals surface area contributed by atoms with E-state index in [-0.39, 0.29) is 34.9 Å². The number of nitriles is 1. The number of pyridine rings is 1. The smallest absolute Gasteiger partial charge is 0.269 e. The van der Waals surface area contributed by atoms with Crippen molar-refractivity contribution >= 4 is 27.5 Å². The number of carbonyl (C=O) groups is 1. The number of rotatable bonds is 5. The minimum atomic E-state index is -3.21. The van der Waals surface area contributed by atoms with Gasteiger partial charge in [0.25, 0.3) is 11.5 Å². The van der Waals surface area contributed by atoms with E-state index in [0.29, 0.717) is 11.4 Å². The Kier molecular flexibility index (Phi) is 6.22. The van der Waals surface area contributed by atoms with E-state index in [1.807, 2.05) is 26.0 Å². The van der Waals surface area contributed by atoms with Gasteiger partial charge in [0, 0.05) is 12.2 Å². The Morgan fingerprint density at radius 2 is 2.09 bits per heavy atom. The molecule has 0 bridgehead atoms. The summed E-state index contributed by atoms with van der Waals surface area (Å²) in [6.07, 6.45) is 2.93. The third-order valence-corrected chi connectivity index (χ3v) is 7.26. The van der Waals surface area contributed by atoms with Crippen LogP contribution in [0.1, 0.15) is 23.1 Å². The van der Waals surface area contributed by atoms with Gasteiger partial charge in [-0.25, -0.2) is 8.42 Å². The molecule has 1 saturated heterocycles. The molecule has 0 aliphatic carbocycles. The maximum absolute atomic E-state index is 13.3. The molecule has 1 atom stereocenters. The van der Waals surface area contributed by atoms with E-state index in [9.17, 15) is 23.3 Å². The van der Waals surface area contributed by atoms with Crippen molar-refractivity contribution in [3.8, 4) is 17.7 Å². The Hall–Kier alpha value is -3.97. The number of hydrogen-bond acceptors (Lipinski definition) is 7. The number of ether oxygens (including phenoxy) is 1. The zero-order chi connectivity index (χ0) is 24.5. The van der Waals surface area contributed by atoms with Crippen molar-refractivity contribution in [1.29, 1.82) is 5.26 Å². The molecule has 174 valence electrons. The number of amides is 1. The molecule has 0 unspecified atom stereocenters. The normalized spacial score (nSPS) is 17.3. The average molecular weight is 479 g/mol. The maximum atomic E-state index is 13.3. The largest absolute Gasteiger partial charge is 0.438 e. The second-order valence-corrected chi connectivity index (χ2v) is 10.4. The van der Waals surface area contributed by atoms with Crippen LogP contribution in [0.25, 0.3) is 11.7 Å². The number of carbonyl (C=O) groups excluding carboxylic acids is 1. The second-order valence-electron chi connectivity index (χ2n) is 8.18. The first-order valence-electron chi connectivity index (χ1n) is 10.6. The van der Waals surface area contributed by atoms with E-state index in [4.69, 9.17) is 4.74 Å². The summed E-state index contributed by atoms with van der Waals surface area (Å²) in [4.78, 5) is 30.4. The Morgan fingerprint density at radius 1 is 1.29 bits per heavy atom. The lowest BCUT2D eigenvalue weighted by Gasteiger charge is -2.13. The van der Waals surface area contributed by atoms with Gasteiger partial charge in [-0.05, 0) is 50.1 Å². The van der Waals surface area contributed by atoms with Gasteiger partial charge >= 0.3 is 0 Å². The van der Waals surface area contributed by atoms with Gasteiger partial charge in [0.05, 0.1) is 11.5 Å². The van der Waals surface area contributed by atoms with E-state index >= 15 is 0 Å². The van der Waals surface area contributed by atoms with Crippen molar-refractivity contribution in [2.75, 3.05) is 11.5 Å². The molecule has 0 spiro atoms. The summed E-state index contributed by atoms with van der Waals surface area (Å²) < 4.78 is 30.6. The van der Waals surface area contributed by atoms with Crippen LogP contribution < -0.4 is 15.6 Å². The van der Waals surface area contributed by atoms with Crippen molar-refractivity contribution in [3.05, 3.63) is 75.2 Å². The van der Waals surface area contributed by atoms with Gasteiger partial charge in [-0.15, -0.1) is 0 Å². The quantitative estimate of drug-likeness (QED) is 0.440. The van der Waals surface area contributed by atoms with Crippen LogP contribution in [0.2, 0.25) is 0 Å². The minimum absolute atomic E-state index is 0.0205. The van der Waals surface area contributed by atoms with Gasteiger partial charge in [-0.3, -0.25) is 14.0 Å². The molecule has 0 saturated carbocycles. The molecular formula is C24H22N4O5S. The van der Waals surface area contributed by atoms with Crippen LogP contribution in [0, 0.1) is 25.2 Å². The first-order valence-corrected chi connectivity index (χ1v) is 12.4. The summed E-state index contributed by atoms with van der Waals surface area (Å²) in [6.45, 7) is 3.80. The summed E-state index contributed by atoms with van der Waals surface area (Å²) in [7, 11) is -3.21. The fourth-order valence-electron chi connectivity index (χ4n) is 3.77. The van der Waals surface area contributed by atoms with Gasteiger partial charge in [0.1, 0.15) is 28.6 Å². The third kappa shape index (κ3) is 4.84. The van der Waals surface area contributed by atoms with Crippen molar-refractivity contribution < 1.29 is 17.9 Å². The van der Waals surface area contributed by atoms with E-state index in [1.165, 1.54) is 10.6 Å². The molecule has 1 amide bonds. The van der Waals surface area contributed by atoms with Crippen LogP contribution in [0.5, 0.6) is 11.6 Å². The van der Waals surface area contributed by atoms with Gasteiger partial charge < -0.3 is 10.1 Å². The average Bonchev–Trinajstić information content (AvgIpc) is 3.13. The molecule has 0 radical (unpaired) electrons. The molecule has 1 N–H and O–H groups in total. The number of sulfone groups is 1. The second kappa shape index (κ2) is 9.11. The molecule has 34 heavy (non-hydrogen) atoms. The Bertz CT molecular complexity index is 1530. The highest BCUT2D eigenvalue weighted by Crippen LogP contribution is 2.27. The monoisotopic (exact) mass is 478 g/mol. The SMILES string of the molecule is Cc1ccc(Oc2nc3ccccn3c(=O)c2/C=C(\C#N)C(=O)N[C@@H]2CCS(=O)(=O)C2)c(C)c1. The molecular weight excluding hydrogens is 456 g/mol. The van der Waals surface area contributed by atoms with E-state index in [1.54, 1.807) is 30.3 Å². The van der Waals surface area contributed by atoms with E-state index in [2.05, 4.69) is 10.3 Å². The summed E-state index contributed by atoms with van der Waals surface area (Å²) >= 11 is 0. The molecule has 10 heteroatoms. The molecule has 1 aliphatic rings. The van der Waals surface area contributed by atoms with Crippen LogP contribution in [0.15, 0.2) is 53.0 Å². The highest BCUT2D eigenvalue weighted by atomic mass is 32.2. The third-order valence-electron chi connectivity index (χ3n) is 5.49. The van der Waals surface area contributed by atoms with Gasteiger partial charge in [-0.1, -0.05) is 23.8 Å². The summed E-state index contributed by atoms with van der Waals surface area (Å²) in [5.41, 5.74) is 1.25. The van der Waals surface area contributed by atoms with E-state index in [0.717, 1.165) is 17.2 Å². The lowest BCUT2D eigenvalue weighted by atomic mass is 10.1. The van der Waals surface area contributed by atoms with E-state index < -0.39 is 27.3 Å². The minimum Gasteiger partial charge on any atom is -0.438 e. The Balaban J connectivity index is 1.77. The van der Waals surface area contributed by atoms with Crippen LogP contribution >= 0.6 is 0 Å². The van der Waals surface area contributed by atoms with Crippen LogP contribution in [-0.4, -0.2) is 41.3 Å². The van der Waals surface area contributed by atoms with Crippen LogP contribution in [0.4, 0.5) is 0 Å². The summed E-state index contributed by atoms with van der Waals surface area (Å²) in [5, 5.41) is 12.2. The number of nitrogens with zero attached hydrogens (tertiary/aromatic N) is 3. The highest BCUT2D eigenvalue weighted by Gasteiger charge is 2.30. The highest BCUT2D eigenvalue weighted by molar-refractivity contribution is 7.91. The predicted octanol–water partition coefficient (Wildman–Crippen LogP) is 2.31. The summed E-state index contributed by atoms with van der Waals surface area (Å²) in [6, 6.07) is 11.8. The molecule has 1 fully saturated rings. The lowest BCUT2D eigenvalue weighted by Crippen LogP contribution is -2.36. The molecule has 1 aromatic carbocycles. The van der Waals surface area contributed by atoms with Gasteiger partial charge in [0.2, 0.25) is 5.88 Å². The molecule has 9 nitrogen and oxygen atoms in total. The number of nitrogens with one attached hydrogen (secondary N) is 1. The zero-order valence-electron chi connectivity index (χ0n) is 18.6. The fourth-order valence-corrected chi connectivity index (χ4v) is 5.44. The van der Waals surface area contributed by atoms with Crippen molar-refractivity contribution in [2.45, 2.75) is 26.3 Å². The number of fused-ring (bicyclic) bond motifs is 1. The van der Waals surface area contributed by atoms with Gasteiger partial charge in [-0.2, -0.15) is 10.2 Å². The Morgan fingerprint density at radius 3 is 2.76 bits per heavy atom. The standard InChI is InChI=1S/C24H22N4O5S/c1-15-6-7-20(16(2)11-15)33-23-19(24(30)28-9-4-3-5-21(28)27-23)12-17(13-25)22(29)26-18-8-10-34(31,32)14-18/h3-7,9,11-12,18H,8,10,14H2,1-2H3,(H,26,29)/b17-12+/t18-/m1/s1.